The number of nitrogens with zero attached hydrogens (tertiary/aromatic N) is 2. The lowest BCUT2D eigenvalue weighted by molar-refractivity contribution is -0.119. The topological polar surface area (TPSA) is 127 Å². The second-order valence-electron chi connectivity index (χ2n) is 7.44. The Balaban J connectivity index is 1.85. The molecule has 0 atom stereocenters. The van der Waals surface area contributed by atoms with E-state index in [-0.39, 0.29) is 22.1 Å². The highest BCUT2D eigenvalue weighted by Gasteiger charge is 2.28. The molecule has 2 N–H and O–H groups in total. The van der Waals surface area contributed by atoms with Gasteiger partial charge in [-0.05, 0) is 64.8 Å². The Hall–Kier alpha value is -3.77. The van der Waals surface area contributed by atoms with Gasteiger partial charge in [0.2, 0.25) is 0 Å². The first-order valence-electron chi connectivity index (χ1n) is 11.0. The van der Waals surface area contributed by atoms with Gasteiger partial charge in [-0.3, -0.25) is 9.10 Å². The van der Waals surface area contributed by atoms with Gasteiger partial charge in [-0.2, -0.15) is 5.10 Å². The molecule has 0 radical (unpaired) electrons. The molecule has 3 aromatic carbocycles. The number of ether oxygens (including phenoxy) is 3. The minimum Gasteiger partial charge on any atom is -0.503 e. The summed E-state index contributed by atoms with van der Waals surface area (Å²) in [6.07, 6.45) is 1.35. The van der Waals surface area contributed by atoms with E-state index in [1.165, 1.54) is 38.6 Å². The molecule has 0 fully saturated rings. The van der Waals surface area contributed by atoms with E-state index in [1.807, 2.05) is 0 Å². The monoisotopic (exact) mass is 591 g/mol. The SMILES string of the molecule is CCOc1cc(/C=N\NC(=O)CN(c2ccccc2)S(=O)(=O)c2ccc(OC)c(OC)c2)cc(Br)c1O. The number of hydrogen-bond donors (Lipinski definition) is 2. The average molecular weight is 592 g/mol. The molecule has 37 heavy (non-hydrogen) atoms. The molecule has 3 aromatic rings. The predicted molar refractivity (Wildman–Crippen MR) is 143 cm³/mol. The molecule has 1 amide bonds. The minimum absolute atomic E-state index is 0.0538. The third-order valence-corrected chi connectivity index (χ3v) is 7.40. The number of carbonyl (C=O) groups excluding carboxylic acids is 1. The first-order valence-corrected chi connectivity index (χ1v) is 13.2. The number of sulfonamides is 1. The number of hydrogen-bond acceptors (Lipinski definition) is 8. The fourth-order valence-electron chi connectivity index (χ4n) is 3.29. The van der Waals surface area contributed by atoms with Crippen LogP contribution in [0.3, 0.4) is 0 Å². The summed E-state index contributed by atoms with van der Waals surface area (Å²) < 4.78 is 44.3. The number of halogens is 1. The van der Waals surface area contributed by atoms with Gasteiger partial charge in [-0.15, -0.1) is 0 Å². The van der Waals surface area contributed by atoms with Gasteiger partial charge in [-0.1, -0.05) is 18.2 Å². The van der Waals surface area contributed by atoms with E-state index in [9.17, 15) is 18.3 Å². The van der Waals surface area contributed by atoms with Crippen molar-refractivity contribution >= 4 is 43.8 Å². The van der Waals surface area contributed by atoms with Gasteiger partial charge >= 0.3 is 0 Å². The van der Waals surface area contributed by atoms with Crippen molar-refractivity contribution in [3.05, 3.63) is 70.7 Å². The summed E-state index contributed by atoms with van der Waals surface area (Å²) in [5.74, 6) is 0.125. The number of carbonyl (C=O) groups is 1. The molecule has 0 spiro atoms. The number of anilines is 1. The zero-order valence-corrected chi connectivity index (χ0v) is 22.7. The number of phenolic OH excluding ortho intramolecular Hbond substituents is 1. The molecule has 12 heteroatoms. The second-order valence-corrected chi connectivity index (χ2v) is 10.2. The quantitative estimate of drug-likeness (QED) is 0.255. The largest absolute Gasteiger partial charge is 0.503 e. The fourth-order valence-corrected chi connectivity index (χ4v) is 5.19. The maximum absolute atomic E-state index is 13.6. The number of rotatable bonds is 11. The summed E-state index contributed by atoms with van der Waals surface area (Å²) >= 11 is 3.24. The third kappa shape index (κ3) is 6.71. The summed E-state index contributed by atoms with van der Waals surface area (Å²) in [5, 5.41) is 14.0. The molecule has 3 rings (SSSR count). The van der Waals surface area contributed by atoms with Crippen LogP contribution >= 0.6 is 15.9 Å². The average Bonchev–Trinajstić information content (AvgIpc) is 2.90. The number of aromatic hydroxyl groups is 1. The lowest BCUT2D eigenvalue weighted by Crippen LogP contribution is -2.39. The van der Waals surface area contributed by atoms with Crippen molar-refractivity contribution in [2.45, 2.75) is 11.8 Å². The van der Waals surface area contributed by atoms with Crippen LogP contribution in [0.25, 0.3) is 0 Å². The van der Waals surface area contributed by atoms with Crippen LogP contribution in [-0.4, -0.2) is 53.0 Å². The Kier molecular flexibility index (Phi) is 9.36. The summed E-state index contributed by atoms with van der Waals surface area (Å²) in [7, 11) is -1.32. The van der Waals surface area contributed by atoms with Crippen LogP contribution in [0.1, 0.15) is 12.5 Å². The van der Waals surface area contributed by atoms with E-state index in [4.69, 9.17) is 14.2 Å². The van der Waals surface area contributed by atoms with E-state index < -0.39 is 22.5 Å². The first-order chi connectivity index (χ1) is 17.7. The fraction of sp³-hybridized carbons (Fsp3) is 0.200. The van der Waals surface area contributed by atoms with Gasteiger partial charge in [0.1, 0.15) is 6.54 Å². The van der Waals surface area contributed by atoms with Crippen LogP contribution < -0.4 is 23.9 Å². The summed E-state index contributed by atoms with van der Waals surface area (Å²) in [4.78, 5) is 12.7. The maximum Gasteiger partial charge on any atom is 0.264 e. The molecular formula is C25H26BrN3O7S. The molecule has 0 heterocycles. The van der Waals surface area contributed by atoms with E-state index in [2.05, 4.69) is 26.5 Å². The van der Waals surface area contributed by atoms with Crippen molar-refractivity contribution in [3.63, 3.8) is 0 Å². The highest BCUT2D eigenvalue weighted by atomic mass is 79.9. The Bertz CT molecular complexity index is 1380. The number of methoxy groups -OCH3 is 2. The summed E-state index contributed by atoms with van der Waals surface area (Å²) in [5.41, 5.74) is 3.17. The molecular weight excluding hydrogens is 566 g/mol. The van der Waals surface area contributed by atoms with Crippen molar-refractivity contribution in [3.8, 4) is 23.0 Å². The Morgan fingerprint density at radius 1 is 1.05 bits per heavy atom. The number of benzene rings is 3. The highest BCUT2D eigenvalue weighted by Crippen LogP contribution is 2.35. The third-order valence-electron chi connectivity index (χ3n) is 5.03. The Morgan fingerprint density at radius 3 is 2.41 bits per heavy atom. The van der Waals surface area contributed by atoms with Gasteiger partial charge < -0.3 is 19.3 Å². The van der Waals surface area contributed by atoms with E-state index in [1.54, 1.807) is 49.4 Å². The lowest BCUT2D eigenvalue weighted by atomic mass is 10.2. The van der Waals surface area contributed by atoms with Crippen molar-refractivity contribution in [1.82, 2.24) is 5.43 Å². The number of phenols is 1. The van der Waals surface area contributed by atoms with Gasteiger partial charge in [0.05, 0.1) is 42.1 Å². The minimum atomic E-state index is -4.17. The van der Waals surface area contributed by atoms with Crippen LogP contribution in [0.5, 0.6) is 23.0 Å². The molecule has 0 aliphatic heterocycles. The Morgan fingerprint density at radius 2 is 1.76 bits per heavy atom. The van der Waals surface area contributed by atoms with Gasteiger partial charge in [0.15, 0.2) is 23.0 Å². The van der Waals surface area contributed by atoms with Crippen LogP contribution in [0.15, 0.2) is 75.1 Å². The van der Waals surface area contributed by atoms with E-state index >= 15 is 0 Å². The Labute approximate surface area is 223 Å². The number of hydrazone groups is 1. The summed E-state index contributed by atoms with van der Waals surface area (Å²) in [6.45, 7) is 1.59. The first kappa shape index (κ1) is 27.8. The van der Waals surface area contributed by atoms with Crippen LogP contribution in [-0.2, 0) is 14.8 Å². The molecule has 0 aliphatic rings. The zero-order valence-electron chi connectivity index (χ0n) is 20.3. The van der Waals surface area contributed by atoms with E-state index in [0.717, 1.165) is 4.31 Å². The smallest absolute Gasteiger partial charge is 0.264 e. The standard InChI is InChI=1S/C25H26BrN3O7S/c1-4-36-23-13-17(12-20(26)25(23)31)15-27-28-24(30)16-29(18-8-6-5-7-9-18)37(32,33)19-10-11-21(34-2)22(14-19)35-3/h5-15,31H,4,16H2,1-3H3,(H,28,30)/b27-15-. The van der Waals surface area contributed by atoms with Gasteiger partial charge in [0.25, 0.3) is 15.9 Å². The maximum atomic E-state index is 13.6. The predicted octanol–water partition coefficient (Wildman–Crippen LogP) is 3.92. The van der Waals surface area contributed by atoms with Crippen molar-refractivity contribution in [2.24, 2.45) is 5.10 Å². The van der Waals surface area contributed by atoms with Gasteiger partial charge in [-0.25, -0.2) is 13.8 Å². The molecule has 0 saturated carbocycles. The lowest BCUT2D eigenvalue weighted by Gasteiger charge is -2.24. The highest BCUT2D eigenvalue weighted by molar-refractivity contribution is 9.10. The normalized spacial score (nSPS) is 11.2. The molecule has 0 saturated heterocycles. The zero-order chi connectivity index (χ0) is 27.0. The van der Waals surface area contributed by atoms with Crippen molar-refractivity contribution in [2.75, 3.05) is 31.7 Å². The molecule has 196 valence electrons. The summed E-state index contributed by atoms with van der Waals surface area (Å²) in [6, 6.07) is 15.6. The number of amides is 1. The molecule has 10 nitrogen and oxygen atoms in total. The van der Waals surface area contributed by atoms with E-state index in [0.29, 0.717) is 28.1 Å². The number of para-hydroxylation sites is 1. The van der Waals surface area contributed by atoms with Crippen LogP contribution in [0, 0.1) is 0 Å². The van der Waals surface area contributed by atoms with Gasteiger partial charge in [0, 0.05) is 6.07 Å². The van der Waals surface area contributed by atoms with Crippen LogP contribution in [0.2, 0.25) is 0 Å². The number of nitrogens with one attached hydrogen (secondary N) is 1. The van der Waals surface area contributed by atoms with Crippen molar-refractivity contribution < 1.29 is 32.5 Å². The molecule has 0 unspecified atom stereocenters. The van der Waals surface area contributed by atoms with Crippen LogP contribution in [0.4, 0.5) is 5.69 Å². The molecule has 0 bridgehead atoms. The second kappa shape index (κ2) is 12.5. The molecule has 0 aliphatic carbocycles. The molecule has 0 aromatic heterocycles. The van der Waals surface area contributed by atoms with Crippen molar-refractivity contribution in [1.29, 1.82) is 0 Å².